The van der Waals surface area contributed by atoms with Crippen LogP contribution in [0.15, 0.2) is 91.5 Å². The Morgan fingerprint density at radius 3 is 2.31 bits per heavy atom. The van der Waals surface area contributed by atoms with Crippen molar-refractivity contribution < 1.29 is 9.90 Å². The first-order chi connectivity index (χ1) is 15.6. The Bertz CT molecular complexity index is 1210. The van der Waals surface area contributed by atoms with Crippen LogP contribution in [-0.2, 0) is 19.4 Å². The van der Waals surface area contributed by atoms with Crippen molar-refractivity contribution in [2.45, 2.75) is 25.8 Å². The molecule has 4 aromatic rings. The molecule has 0 atom stereocenters. The summed E-state index contributed by atoms with van der Waals surface area (Å²) in [6, 6.07) is 25.2. The molecule has 3 aromatic carbocycles. The molecule has 0 bridgehead atoms. The van der Waals surface area contributed by atoms with Gasteiger partial charge in [-0.25, -0.2) is 14.5 Å². The predicted octanol–water partition coefficient (Wildman–Crippen LogP) is 5.40. The second kappa shape index (κ2) is 9.88. The molecule has 0 aliphatic carbocycles. The van der Waals surface area contributed by atoms with Gasteiger partial charge in [0.15, 0.2) is 5.82 Å². The van der Waals surface area contributed by atoms with E-state index in [1.165, 1.54) is 5.56 Å². The van der Waals surface area contributed by atoms with Crippen molar-refractivity contribution in [2.24, 2.45) is 0 Å². The number of carbonyl (C=O) groups is 1. The third-order valence-corrected chi connectivity index (χ3v) is 5.33. The largest absolute Gasteiger partial charge is 0.478 e. The SMILES string of the molecule is C=CCCn1nc(Cc2ccccc2)nc1Cc1ccc(-c2ccccc2C(=O)O)cc1. The lowest BCUT2D eigenvalue weighted by atomic mass is 9.98. The molecule has 32 heavy (non-hydrogen) atoms. The van der Waals surface area contributed by atoms with E-state index in [0.29, 0.717) is 24.0 Å². The highest BCUT2D eigenvalue weighted by Gasteiger charge is 2.13. The fourth-order valence-corrected chi connectivity index (χ4v) is 3.71. The van der Waals surface area contributed by atoms with E-state index >= 15 is 0 Å². The van der Waals surface area contributed by atoms with Crippen molar-refractivity contribution in [3.05, 3.63) is 120 Å². The Hall–Kier alpha value is -3.99. The van der Waals surface area contributed by atoms with Crippen molar-refractivity contribution >= 4 is 5.97 Å². The average molecular weight is 424 g/mol. The molecule has 0 aliphatic rings. The first-order valence-electron chi connectivity index (χ1n) is 10.6. The summed E-state index contributed by atoms with van der Waals surface area (Å²) in [4.78, 5) is 16.3. The number of nitrogens with zero attached hydrogens (tertiary/aromatic N) is 3. The Kier molecular flexibility index (Phi) is 6.56. The number of aryl methyl sites for hydroxylation is 1. The van der Waals surface area contributed by atoms with Crippen LogP contribution in [0.4, 0.5) is 0 Å². The third-order valence-electron chi connectivity index (χ3n) is 5.33. The van der Waals surface area contributed by atoms with E-state index in [2.05, 4.69) is 18.7 Å². The van der Waals surface area contributed by atoms with Crippen LogP contribution in [0.5, 0.6) is 0 Å². The molecule has 5 heteroatoms. The zero-order chi connectivity index (χ0) is 22.3. The Morgan fingerprint density at radius 2 is 1.59 bits per heavy atom. The quantitative estimate of drug-likeness (QED) is 0.366. The number of rotatable bonds is 9. The zero-order valence-electron chi connectivity index (χ0n) is 17.8. The van der Waals surface area contributed by atoms with Gasteiger partial charge in [0.2, 0.25) is 0 Å². The third kappa shape index (κ3) is 5.01. The number of aromatic carboxylic acids is 1. The fraction of sp³-hybridized carbons (Fsp3) is 0.148. The van der Waals surface area contributed by atoms with Crippen LogP contribution in [0.1, 0.15) is 39.6 Å². The summed E-state index contributed by atoms with van der Waals surface area (Å²) in [6.45, 7) is 4.56. The highest BCUT2D eigenvalue weighted by Crippen LogP contribution is 2.24. The van der Waals surface area contributed by atoms with Crippen molar-refractivity contribution in [3.8, 4) is 11.1 Å². The van der Waals surface area contributed by atoms with E-state index in [1.54, 1.807) is 12.1 Å². The molecule has 0 amide bonds. The molecule has 0 fully saturated rings. The van der Waals surface area contributed by atoms with Crippen molar-refractivity contribution in [1.82, 2.24) is 14.8 Å². The Labute approximate surface area is 187 Å². The van der Waals surface area contributed by atoms with Crippen molar-refractivity contribution in [3.63, 3.8) is 0 Å². The Balaban J connectivity index is 1.56. The Morgan fingerprint density at radius 1 is 0.906 bits per heavy atom. The van der Waals surface area contributed by atoms with Gasteiger partial charge in [0, 0.05) is 19.4 Å². The summed E-state index contributed by atoms with van der Waals surface area (Å²) < 4.78 is 1.97. The molecule has 0 radical (unpaired) electrons. The highest BCUT2D eigenvalue weighted by molar-refractivity contribution is 5.95. The number of allylic oxidation sites excluding steroid dienone is 1. The normalized spacial score (nSPS) is 10.8. The molecular formula is C27H25N3O2. The minimum atomic E-state index is -0.925. The van der Waals surface area contributed by atoms with E-state index in [0.717, 1.165) is 35.7 Å². The van der Waals surface area contributed by atoms with Crippen molar-refractivity contribution in [2.75, 3.05) is 0 Å². The van der Waals surface area contributed by atoms with Crippen LogP contribution in [-0.4, -0.2) is 25.8 Å². The number of hydrogen-bond acceptors (Lipinski definition) is 3. The lowest BCUT2D eigenvalue weighted by molar-refractivity contribution is 0.0697. The van der Waals surface area contributed by atoms with Crippen LogP contribution in [0.3, 0.4) is 0 Å². The van der Waals surface area contributed by atoms with Gasteiger partial charge in [0.25, 0.3) is 0 Å². The number of hydrogen-bond donors (Lipinski definition) is 1. The predicted molar refractivity (Wildman–Crippen MR) is 126 cm³/mol. The summed E-state index contributed by atoms with van der Waals surface area (Å²) >= 11 is 0. The van der Waals surface area contributed by atoms with E-state index in [-0.39, 0.29) is 0 Å². The second-order valence-corrected chi connectivity index (χ2v) is 7.63. The topological polar surface area (TPSA) is 68.0 Å². The average Bonchev–Trinajstić information content (AvgIpc) is 3.19. The van der Waals surface area contributed by atoms with Gasteiger partial charge in [-0.2, -0.15) is 5.10 Å². The van der Waals surface area contributed by atoms with Gasteiger partial charge >= 0.3 is 5.97 Å². The van der Waals surface area contributed by atoms with Crippen molar-refractivity contribution in [1.29, 1.82) is 0 Å². The molecule has 1 N–H and O–H groups in total. The molecule has 5 nitrogen and oxygen atoms in total. The lowest BCUT2D eigenvalue weighted by Gasteiger charge is -2.08. The van der Waals surface area contributed by atoms with Gasteiger partial charge in [-0.05, 0) is 34.7 Å². The molecule has 0 saturated carbocycles. The van der Waals surface area contributed by atoms with Crippen LogP contribution >= 0.6 is 0 Å². The lowest BCUT2D eigenvalue weighted by Crippen LogP contribution is -2.06. The molecular weight excluding hydrogens is 398 g/mol. The smallest absolute Gasteiger partial charge is 0.336 e. The number of carboxylic acid groups (broad SMARTS) is 1. The summed E-state index contributed by atoms with van der Waals surface area (Å²) in [6.07, 6.45) is 4.06. The van der Waals surface area contributed by atoms with Gasteiger partial charge < -0.3 is 5.11 Å². The van der Waals surface area contributed by atoms with Gasteiger partial charge in [-0.3, -0.25) is 0 Å². The van der Waals surface area contributed by atoms with Crippen LogP contribution in [0, 0.1) is 0 Å². The maximum Gasteiger partial charge on any atom is 0.336 e. The van der Waals surface area contributed by atoms with Gasteiger partial charge in [-0.15, -0.1) is 6.58 Å². The first kappa shape index (κ1) is 21.2. The minimum absolute atomic E-state index is 0.301. The second-order valence-electron chi connectivity index (χ2n) is 7.63. The van der Waals surface area contributed by atoms with Crippen LogP contribution in [0.2, 0.25) is 0 Å². The summed E-state index contributed by atoms with van der Waals surface area (Å²) in [7, 11) is 0. The number of benzene rings is 3. The van der Waals surface area contributed by atoms with E-state index in [4.69, 9.17) is 10.1 Å². The summed E-state index contributed by atoms with van der Waals surface area (Å²) in [5, 5.41) is 14.2. The molecule has 1 heterocycles. The summed E-state index contributed by atoms with van der Waals surface area (Å²) in [5.41, 5.74) is 4.17. The van der Waals surface area contributed by atoms with E-state index in [9.17, 15) is 9.90 Å². The molecule has 160 valence electrons. The zero-order valence-corrected chi connectivity index (χ0v) is 17.8. The first-order valence-corrected chi connectivity index (χ1v) is 10.6. The molecule has 0 saturated heterocycles. The molecule has 1 aromatic heterocycles. The maximum atomic E-state index is 11.5. The standard InChI is InChI=1S/C27H25N3O2/c1-2-3-17-30-26(28-25(29-30)18-20-9-5-4-6-10-20)19-21-13-15-22(16-14-21)23-11-7-8-12-24(23)27(31)32/h2,4-16H,1,3,17-19H2,(H,31,32). The maximum absolute atomic E-state index is 11.5. The number of aromatic nitrogens is 3. The minimum Gasteiger partial charge on any atom is -0.478 e. The fourth-order valence-electron chi connectivity index (χ4n) is 3.71. The van der Waals surface area contributed by atoms with Crippen LogP contribution in [0.25, 0.3) is 11.1 Å². The van der Waals surface area contributed by atoms with Gasteiger partial charge in [0.1, 0.15) is 5.82 Å². The van der Waals surface area contributed by atoms with E-state index in [1.807, 2.05) is 65.4 Å². The van der Waals surface area contributed by atoms with Gasteiger partial charge in [-0.1, -0.05) is 78.9 Å². The highest BCUT2D eigenvalue weighted by atomic mass is 16.4. The van der Waals surface area contributed by atoms with Crippen LogP contribution < -0.4 is 0 Å². The molecule has 0 spiro atoms. The summed E-state index contributed by atoms with van der Waals surface area (Å²) in [5.74, 6) is 0.796. The van der Waals surface area contributed by atoms with Gasteiger partial charge in [0.05, 0.1) is 5.56 Å². The molecule has 0 unspecified atom stereocenters. The monoisotopic (exact) mass is 423 g/mol. The van der Waals surface area contributed by atoms with E-state index < -0.39 is 5.97 Å². The number of carboxylic acids is 1. The molecule has 0 aliphatic heterocycles. The molecule has 4 rings (SSSR count).